The van der Waals surface area contributed by atoms with E-state index in [1.165, 1.54) is 13.2 Å². The van der Waals surface area contributed by atoms with Gasteiger partial charge < -0.3 is 38.2 Å². The molecule has 3 saturated heterocycles. The van der Waals surface area contributed by atoms with Crippen LogP contribution >= 0.6 is 0 Å². The molecule has 1 aromatic heterocycles. The minimum Gasteiger partial charge on any atom is -0.459 e. The van der Waals surface area contributed by atoms with Crippen molar-refractivity contribution >= 4 is 24.1 Å². The average molecular weight is 701 g/mol. The summed E-state index contributed by atoms with van der Waals surface area (Å²) >= 11 is 0. The summed E-state index contributed by atoms with van der Waals surface area (Å²) in [5.41, 5.74) is 0.735. The average Bonchev–Trinajstić information content (AvgIpc) is 3.52. The van der Waals surface area contributed by atoms with Crippen molar-refractivity contribution in [1.82, 2.24) is 10.3 Å². The van der Waals surface area contributed by atoms with Crippen molar-refractivity contribution < 1.29 is 47.2 Å². The topological polar surface area (TPSA) is 145 Å². The summed E-state index contributed by atoms with van der Waals surface area (Å²) in [6, 6.07) is 0. The van der Waals surface area contributed by atoms with Crippen LogP contribution in [0.5, 0.6) is 0 Å². The number of ether oxygens (including phenoxy) is 6. The lowest BCUT2D eigenvalue weighted by Gasteiger charge is -2.40. The van der Waals surface area contributed by atoms with Crippen molar-refractivity contribution in [1.29, 1.82) is 0 Å². The molecule has 8 unspecified atom stereocenters. The predicted molar refractivity (Wildman–Crippen MR) is 186 cm³/mol. The Hall–Kier alpha value is -3.48. The second kappa shape index (κ2) is 20.4. The number of oxazole rings is 1. The first kappa shape index (κ1) is 39.3. The number of esters is 2. The molecule has 4 bridgehead atoms. The van der Waals surface area contributed by atoms with Crippen LogP contribution in [0.4, 0.5) is 4.79 Å². The first-order chi connectivity index (χ1) is 24.1. The number of alkyl carbamates (subject to hydrolysis) is 1. The molecule has 278 valence electrons. The van der Waals surface area contributed by atoms with Gasteiger partial charge >= 0.3 is 18.0 Å². The number of nitrogens with zero attached hydrogens (tertiary/aromatic N) is 1. The van der Waals surface area contributed by atoms with Crippen LogP contribution in [0.3, 0.4) is 0 Å². The Morgan fingerprint density at radius 3 is 2.58 bits per heavy atom. The molecular formula is C38H56N2O10. The van der Waals surface area contributed by atoms with Crippen LogP contribution in [-0.4, -0.2) is 86.5 Å². The number of aromatic nitrogens is 1. The largest absolute Gasteiger partial charge is 0.459 e. The number of carbonyl (C=O) groups is 3. The van der Waals surface area contributed by atoms with E-state index in [0.29, 0.717) is 56.3 Å². The molecule has 0 radical (unpaired) electrons. The Bertz CT molecular complexity index is 1310. The summed E-state index contributed by atoms with van der Waals surface area (Å²) in [5.74, 6) is 0.537. The minimum absolute atomic E-state index is 0.0180. The Kier molecular flexibility index (Phi) is 16.0. The number of allylic oxidation sites excluding steroid dienone is 2. The monoisotopic (exact) mass is 700 g/mol. The number of rotatable bonds is 12. The van der Waals surface area contributed by atoms with Crippen LogP contribution in [0.25, 0.3) is 6.08 Å². The highest BCUT2D eigenvalue weighted by molar-refractivity contribution is 5.82. The third-order valence-electron chi connectivity index (χ3n) is 9.35. The van der Waals surface area contributed by atoms with Crippen molar-refractivity contribution in [2.45, 2.75) is 134 Å². The van der Waals surface area contributed by atoms with Gasteiger partial charge in [0.05, 0.1) is 49.7 Å². The van der Waals surface area contributed by atoms with Gasteiger partial charge in [-0.15, -0.1) is 0 Å². The number of cyclic esters (lactones) is 1. The predicted octanol–water partition coefficient (Wildman–Crippen LogP) is 6.28. The van der Waals surface area contributed by atoms with Gasteiger partial charge in [0, 0.05) is 45.4 Å². The van der Waals surface area contributed by atoms with Crippen molar-refractivity contribution in [2.75, 3.05) is 20.8 Å². The molecule has 50 heavy (non-hydrogen) atoms. The summed E-state index contributed by atoms with van der Waals surface area (Å²) in [4.78, 5) is 41.7. The van der Waals surface area contributed by atoms with Crippen LogP contribution < -0.4 is 5.32 Å². The lowest BCUT2D eigenvalue weighted by atomic mass is 9.86. The van der Waals surface area contributed by atoms with Gasteiger partial charge in [-0.3, -0.25) is 4.79 Å². The first-order valence-corrected chi connectivity index (χ1v) is 18.1. The number of fused-ring (bicyclic) bond motifs is 4. The fraction of sp³-hybridized carbons (Fsp3) is 0.684. The van der Waals surface area contributed by atoms with Crippen molar-refractivity contribution in [3.05, 3.63) is 48.2 Å². The number of hydrogen-bond donors (Lipinski definition) is 1. The maximum Gasteiger partial charge on any atom is 0.407 e. The molecule has 3 aliphatic rings. The van der Waals surface area contributed by atoms with Gasteiger partial charge in [0.1, 0.15) is 18.5 Å². The van der Waals surface area contributed by atoms with Gasteiger partial charge in [0.15, 0.2) is 0 Å². The fourth-order valence-electron chi connectivity index (χ4n) is 6.66. The van der Waals surface area contributed by atoms with E-state index < -0.39 is 24.3 Å². The zero-order valence-corrected chi connectivity index (χ0v) is 30.3. The molecule has 4 heterocycles. The van der Waals surface area contributed by atoms with Gasteiger partial charge in [-0.2, -0.15) is 0 Å². The van der Waals surface area contributed by atoms with Crippen molar-refractivity contribution in [3.8, 4) is 0 Å². The molecule has 1 amide bonds. The van der Waals surface area contributed by atoms with E-state index in [-0.39, 0.29) is 49.5 Å². The Balaban J connectivity index is 1.34. The van der Waals surface area contributed by atoms with Crippen LogP contribution in [0.15, 0.2) is 41.1 Å². The standard InChI is InChI=1S/C38H56N2O10/c1-25(2)10-8-12-28-18-29-16-15-26(3)34(48-29)22-30(44-4)19-31-20-32(21-33(47-31)23-37(42)49-28)50-36(41)14-7-6-11-27-24-46-35(40-27)13-9-17-39-38(43)45-5/h7-9,12-14,24-26,28-34H,6,10-11,15-23H2,1-5H3,(H,39,43)/b12-8+,13-9+,14-7+. The molecule has 3 fully saturated rings. The Morgan fingerprint density at radius 2 is 1.80 bits per heavy atom. The molecule has 8 atom stereocenters. The molecule has 4 rings (SSSR count). The van der Waals surface area contributed by atoms with E-state index in [1.54, 1.807) is 31.6 Å². The summed E-state index contributed by atoms with van der Waals surface area (Å²) in [6.45, 7) is 6.83. The molecule has 0 spiro atoms. The Morgan fingerprint density at radius 1 is 1.00 bits per heavy atom. The van der Waals surface area contributed by atoms with E-state index in [4.69, 9.17) is 28.1 Å². The number of hydrogen-bond acceptors (Lipinski definition) is 11. The highest BCUT2D eigenvalue weighted by Crippen LogP contribution is 2.34. The number of aryl methyl sites for hydroxylation is 1. The highest BCUT2D eigenvalue weighted by atomic mass is 16.6. The van der Waals surface area contributed by atoms with Crippen LogP contribution in [0.2, 0.25) is 0 Å². The van der Waals surface area contributed by atoms with E-state index in [1.807, 2.05) is 6.08 Å². The van der Waals surface area contributed by atoms with Crippen molar-refractivity contribution in [2.24, 2.45) is 11.8 Å². The molecule has 0 saturated carbocycles. The second-order valence-corrected chi connectivity index (χ2v) is 14.0. The lowest BCUT2D eigenvalue weighted by Crippen LogP contribution is -2.43. The molecule has 0 aliphatic carbocycles. The molecule has 12 nitrogen and oxygen atoms in total. The van der Waals surface area contributed by atoms with Gasteiger partial charge in [-0.1, -0.05) is 39.0 Å². The maximum absolute atomic E-state index is 13.3. The highest BCUT2D eigenvalue weighted by Gasteiger charge is 2.38. The van der Waals surface area contributed by atoms with E-state index in [9.17, 15) is 14.4 Å². The smallest absolute Gasteiger partial charge is 0.407 e. The van der Waals surface area contributed by atoms with Crippen LogP contribution in [-0.2, 0) is 44.4 Å². The zero-order valence-electron chi connectivity index (χ0n) is 30.3. The third-order valence-corrected chi connectivity index (χ3v) is 9.35. The Labute approximate surface area is 296 Å². The fourth-order valence-corrected chi connectivity index (χ4v) is 6.66. The number of carbonyl (C=O) groups excluding carboxylic acids is 3. The first-order valence-electron chi connectivity index (χ1n) is 18.1. The molecular weight excluding hydrogens is 644 g/mol. The number of methoxy groups -OCH3 is 2. The quantitative estimate of drug-likeness (QED) is 0.114. The SMILES string of the molecule is COC(=O)NC/C=C/c1nc(CC/C=C/C(=O)OC2CC3CC(=O)OC(/C=C/CC(C)C)CC4CCC(C)C(CC(OC)CC(C2)O3)O4)co1. The number of amides is 1. The van der Waals surface area contributed by atoms with Gasteiger partial charge in [-0.25, -0.2) is 14.6 Å². The van der Waals surface area contributed by atoms with Crippen LogP contribution in [0, 0.1) is 11.8 Å². The number of nitrogens with one attached hydrogen (secondary N) is 1. The summed E-state index contributed by atoms with van der Waals surface area (Å²) < 4.78 is 40.8. The normalized spacial score (nSPS) is 29.6. The second-order valence-electron chi connectivity index (χ2n) is 14.0. The van der Waals surface area contributed by atoms with Gasteiger partial charge in [0.25, 0.3) is 0 Å². The third kappa shape index (κ3) is 13.7. The summed E-state index contributed by atoms with van der Waals surface area (Å²) in [7, 11) is 3.02. The molecule has 3 aliphatic heterocycles. The lowest BCUT2D eigenvalue weighted by molar-refractivity contribution is -0.171. The van der Waals surface area contributed by atoms with Gasteiger partial charge in [-0.05, 0) is 62.5 Å². The van der Waals surface area contributed by atoms with E-state index in [0.717, 1.165) is 31.4 Å². The van der Waals surface area contributed by atoms with E-state index in [2.05, 4.69) is 41.9 Å². The molecule has 12 heteroatoms. The van der Waals surface area contributed by atoms with E-state index >= 15 is 0 Å². The zero-order chi connectivity index (χ0) is 35.9. The minimum atomic E-state index is -0.517. The maximum atomic E-state index is 13.3. The summed E-state index contributed by atoms with van der Waals surface area (Å²) in [6.07, 6.45) is 17.2. The van der Waals surface area contributed by atoms with Crippen LogP contribution in [0.1, 0.15) is 96.6 Å². The van der Waals surface area contributed by atoms with Gasteiger partial charge in [0.2, 0.25) is 5.89 Å². The molecule has 1 aromatic rings. The molecule has 0 aromatic carbocycles. The molecule has 1 N–H and O–H groups in total. The summed E-state index contributed by atoms with van der Waals surface area (Å²) in [5, 5.41) is 2.54. The van der Waals surface area contributed by atoms with Crippen molar-refractivity contribution in [3.63, 3.8) is 0 Å².